The van der Waals surface area contributed by atoms with Crippen molar-refractivity contribution in [1.82, 2.24) is 14.7 Å². The van der Waals surface area contributed by atoms with Crippen LogP contribution in [0, 0.1) is 0 Å². The van der Waals surface area contributed by atoms with E-state index in [1.54, 1.807) is 0 Å². The fraction of sp³-hybridized carbons (Fsp3) is 0.429. The Morgan fingerprint density at radius 3 is 2.05 bits per heavy atom. The molecule has 0 N–H and O–H groups in total. The molecule has 0 aliphatic carbocycles. The van der Waals surface area contributed by atoms with Gasteiger partial charge in [0.05, 0.1) is 18.2 Å². The number of amidine groups is 1. The SMILES string of the molecule is CCOc1cc(C(C)(C)C)ccc1C1=N[C@@H](c2ccc(Cl)cc2)[C@@H](c2ccc(Cl)cc2)N1C(=O)N1CCC(N(C)C)CC1. The minimum Gasteiger partial charge on any atom is -0.493 e. The van der Waals surface area contributed by atoms with Crippen LogP contribution in [0.2, 0.25) is 10.0 Å². The summed E-state index contributed by atoms with van der Waals surface area (Å²) in [5.74, 6) is 1.34. The van der Waals surface area contributed by atoms with Crippen LogP contribution in [0.3, 0.4) is 0 Å². The molecule has 5 rings (SSSR count). The van der Waals surface area contributed by atoms with E-state index in [1.807, 2.05) is 65.3 Å². The van der Waals surface area contributed by atoms with Crippen molar-refractivity contribution in [3.8, 4) is 5.75 Å². The molecule has 0 bridgehead atoms. The van der Waals surface area contributed by atoms with Gasteiger partial charge in [-0.05, 0) is 92.4 Å². The fourth-order valence-electron chi connectivity index (χ4n) is 6.03. The maximum Gasteiger partial charge on any atom is 0.326 e. The van der Waals surface area contributed by atoms with Crippen LogP contribution in [-0.4, -0.2) is 66.4 Å². The van der Waals surface area contributed by atoms with Crippen molar-refractivity contribution in [1.29, 1.82) is 0 Å². The van der Waals surface area contributed by atoms with Crippen LogP contribution in [-0.2, 0) is 5.41 Å². The summed E-state index contributed by atoms with van der Waals surface area (Å²) in [6.07, 6.45) is 1.85. The molecule has 2 atom stereocenters. The Hall–Kier alpha value is -3.06. The Kier molecular flexibility index (Phi) is 9.40. The number of benzene rings is 3. The Labute approximate surface area is 266 Å². The van der Waals surface area contributed by atoms with E-state index in [2.05, 4.69) is 58.0 Å². The lowest BCUT2D eigenvalue weighted by molar-refractivity contribution is 0.127. The van der Waals surface area contributed by atoms with Gasteiger partial charge in [-0.3, -0.25) is 9.89 Å². The van der Waals surface area contributed by atoms with Gasteiger partial charge in [0.25, 0.3) is 0 Å². The zero-order valence-electron chi connectivity index (χ0n) is 26.0. The third kappa shape index (κ3) is 6.72. The van der Waals surface area contributed by atoms with Gasteiger partial charge >= 0.3 is 6.03 Å². The molecule has 0 radical (unpaired) electrons. The first-order chi connectivity index (χ1) is 20.5. The standard InChI is InChI=1S/C35H42Cl2N4O2/c1-7-43-30-22-25(35(2,3)4)12-17-29(30)33-38-31(23-8-13-26(36)14-9-23)32(24-10-15-27(37)16-11-24)41(33)34(42)40-20-18-28(19-21-40)39(5)6/h8-17,22,28,31-32H,7,18-21H2,1-6H3/t31-,32+/m0/s1. The predicted octanol–water partition coefficient (Wildman–Crippen LogP) is 8.38. The highest BCUT2D eigenvalue weighted by molar-refractivity contribution is 6.30. The third-order valence-corrected chi connectivity index (χ3v) is 9.05. The van der Waals surface area contributed by atoms with E-state index in [4.69, 9.17) is 32.9 Å². The summed E-state index contributed by atoms with van der Waals surface area (Å²) in [6, 6.07) is 21.5. The molecule has 0 unspecified atom stereocenters. The predicted molar refractivity (Wildman–Crippen MR) is 177 cm³/mol. The van der Waals surface area contributed by atoms with Crippen LogP contribution in [0.15, 0.2) is 71.7 Å². The molecule has 2 heterocycles. The molecule has 2 amide bonds. The van der Waals surface area contributed by atoms with E-state index >= 15 is 0 Å². The van der Waals surface area contributed by atoms with Crippen molar-refractivity contribution in [2.45, 2.75) is 64.1 Å². The van der Waals surface area contributed by atoms with Crippen molar-refractivity contribution < 1.29 is 9.53 Å². The van der Waals surface area contributed by atoms with Gasteiger partial charge in [0.1, 0.15) is 17.6 Å². The summed E-state index contributed by atoms with van der Waals surface area (Å²) in [7, 11) is 4.22. The number of piperidine rings is 1. The first kappa shape index (κ1) is 31.4. The first-order valence-electron chi connectivity index (χ1n) is 15.1. The molecule has 2 aliphatic rings. The summed E-state index contributed by atoms with van der Waals surface area (Å²) in [5, 5.41) is 1.30. The second-order valence-electron chi connectivity index (χ2n) is 12.7. The fourth-order valence-corrected chi connectivity index (χ4v) is 6.28. The molecule has 6 nitrogen and oxygen atoms in total. The van der Waals surface area contributed by atoms with Crippen molar-refractivity contribution in [2.24, 2.45) is 4.99 Å². The van der Waals surface area contributed by atoms with E-state index in [0.29, 0.717) is 41.6 Å². The highest BCUT2D eigenvalue weighted by Gasteiger charge is 2.45. The number of rotatable bonds is 6. The second kappa shape index (κ2) is 12.9. The number of ether oxygens (including phenoxy) is 1. The van der Waals surface area contributed by atoms with E-state index < -0.39 is 0 Å². The van der Waals surface area contributed by atoms with Crippen LogP contribution in [0.1, 0.15) is 74.9 Å². The van der Waals surface area contributed by atoms with Gasteiger partial charge in [-0.15, -0.1) is 0 Å². The van der Waals surface area contributed by atoms with Gasteiger partial charge in [-0.2, -0.15) is 0 Å². The summed E-state index contributed by atoms with van der Waals surface area (Å²) in [5.41, 5.74) is 3.84. The van der Waals surface area contributed by atoms with Crippen LogP contribution in [0.25, 0.3) is 0 Å². The number of likely N-dealkylation sites (tertiary alicyclic amines) is 1. The van der Waals surface area contributed by atoms with Gasteiger partial charge in [-0.25, -0.2) is 4.79 Å². The lowest BCUT2D eigenvalue weighted by atomic mass is 9.86. The number of urea groups is 1. The lowest BCUT2D eigenvalue weighted by Crippen LogP contribution is -2.51. The Morgan fingerprint density at radius 1 is 0.930 bits per heavy atom. The van der Waals surface area contributed by atoms with Crippen molar-refractivity contribution >= 4 is 35.1 Å². The van der Waals surface area contributed by atoms with Crippen LogP contribution >= 0.6 is 23.2 Å². The topological polar surface area (TPSA) is 48.4 Å². The Balaban J connectivity index is 1.67. The van der Waals surface area contributed by atoms with Gasteiger partial charge in [0.2, 0.25) is 0 Å². The monoisotopic (exact) mass is 620 g/mol. The lowest BCUT2D eigenvalue weighted by Gasteiger charge is -2.39. The van der Waals surface area contributed by atoms with Crippen LogP contribution in [0.5, 0.6) is 5.75 Å². The summed E-state index contributed by atoms with van der Waals surface area (Å²) in [4.78, 5) is 26.2. The zero-order chi connectivity index (χ0) is 30.9. The molecule has 3 aromatic rings. The summed E-state index contributed by atoms with van der Waals surface area (Å²) in [6.45, 7) is 10.4. The summed E-state index contributed by atoms with van der Waals surface area (Å²) < 4.78 is 6.24. The quantitative estimate of drug-likeness (QED) is 0.278. The Bertz CT molecular complexity index is 1460. The minimum atomic E-state index is -0.385. The van der Waals surface area contributed by atoms with Crippen LogP contribution in [0.4, 0.5) is 4.79 Å². The van der Waals surface area contributed by atoms with Gasteiger partial charge < -0.3 is 14.5 Å². The molecule has 228 valence electrons. The highest BCUT2D eigenvalue weighted by atomic mass is 35.5. The molecule has 8 heteroatoms. The number of nitrogens with zero attached hydrogens (tertiary/aromatic N) is 4. The average Bonchev–Trinajstić information content (AvgIpc) is 3.37. The maximum absolute atomic E-state index is 14.7. The van der Waals surface area contributed by atoms with E-state index in [-0.39, 0.29) is 23.5 Å². The molecule has 0 aromatic heterocycles. The molecule has 2 aliphatic heterocycles. The number of hydrogen-bond donors (Lipinski definition) is 0. The van der Waals surface area contributed by atoms with Crippen LogP contribution < -0.4 is 4.74 Å². The second-order valence-corrected chi connectivity index (χ2v) is 13.5. The number of carbonyl (C=O) groups excluding carboxylic acids is 1. The molecule has 1 saturated heterocycles. The van der Waals surface area contributed by atoms with Crippen molar-refractivity contribution in [2.75, 3.05) is 33.8 Å². The number of carbonyl (C=O) groups is 1. The number of amides is 2. The first-order valence-corrected chi connectivity index (χ1v) is 15.8. The Morgan fingerprint density at radius 2 is 1.51 bits per heavy atom. The summed E-state index contributed by atoms with van der Waals surface area (Å²) >= 11 is 12.6. The number of halogens is 2. The molecule has 43 heavy (non-hydrogen) atoms. The zero-order valence-corrected chi connectivity index (χ0v) is 27.5. The van der Waals surface area contributed by atoms with E-state index in [0.717, 1.165) is 40.8 Å². The van der Waals surface area contributed by atoms with Crippen molar-refractivity contribution in [3.05, 3.63) is 99.0 Å². The van der Waals surface area contributed by atoms with Crippen molar-refractivity contribution in [3.63, 3.8) is 0 Å². The number of hydrogen-bond acceptors (Lipinski definition) is 4. The minimum absolute atomic E-state index is 0.0466. The van der Waals surface area contributed by atoms with Gasteiger partial charge in [0, 0.05) is 29.2 Å². The highest BCUT2D eigenvalue weighted by Crippen LogP contribution is 2.46. The molecular weight excluding hydrogens is 579 g/mol. The maximum atomic E-state index is 14.7. The smallest absolute Gasteiger partial charge is 0.326 e. The van der Waals surface area contributed by atoms with E-state index in [1.165, 1.54) is 0 Å². The van der Waals surface area contributed by atoms with Gasteiger partial charge in [-0.1, -0.05) is 74.3 Å². The molecule has 3 aromatic carbocycles. The molecule has 0 spiro atoms. The molecule has 1 fully saturated rings. The van der Waals surface area contributed by atoms with Gasteiger partial charge in [0.15, 0.2) is 0 Å². The molecular formula is C35H42Cl2N4O2. The van der Waals surface area contributed by atoms with E-state index in [9.17, 15) is 4.79 Å². The molecule has 0 saturated carbocycles. The average molecular weight is 622 g/mol. The normalized spacial score (nSPS) is 19.6. The largest absolute Gasteiger partial charge is 0.493 e. The third-order valence-electron chi connectivity index (χ3n) is 8.55. The number of aliphatic imine (C=N–C) groups is 1.